The number of piperazine rings is 1. The first kappa shape index (κ1) is 31.1. The van der Waals surface area contributed by atoms with Gasteiger partial charge in [0.15, 0.2) is 0 Å². The van der Waals surface area contributed by atoms with Crippen LogP contribution in [0.5, 0.6) is 0 Å². The number of nitrogens with zero attached hydrogens (tertiary/aromatic N) is 3. The zero-order valence-electron chi connectivity index (χ0n) is 25.4. The Labute approximate surface area is 261 Å². The Morgan fingerprint density at radius 2 is 1.77 bits per heavy atom. The predicted molar refractivity (Wildman–Crippen MR) is 174 cm³/mol. The van der Waals surface area contributed by atoms with E-state index in [0.29, 0.717) is 46.9 Å². The van der Waals surface area contributed by atoms with Crippen LogP contribution in [0.15, 0.2) is 47.3 Å². The summed E-state index contributed by atoms with van der Waals surface area (Å²) in [5.74, 6) is -0.397. The van der Waals surface area contributed by atoms with Crippen molar-refractivity contribution in [3.05, 3.63) is 90.9 Å². The van der Waals surface area contributed by atoms with E-state index in [1.54, 1.807) is 16.7 Å². The summed E-state index contributed by atoms with van der Waals surface area (Å²) in [4.78, 5) is 36.6. The van der Waals surface area contributed by atoms with Crippen LogP contribution in [0.25, 0.3) is 27.5 Å². The molecule has 1 N–H and O–H groups in total. The van der Waals surface area contributed by atoms with Crippen molar-refractivity contribution in [1.29, 1.82) is 0 Å². The third-order valence-corrected chi connectivity index (χ3v) is 9.26. The topological polar surface area (TPSA) is 67.2 Å². The number of pyridine rings is 1. The lowest BCUT2D eigenvalue weighted by Gasteiger charge is -2.30. The van der Waals surface area contributed by atoms with E-state index in [1.807, 2.05) is 17.9 Å². The monoisotopic (exact) mass is 620 g/mol. The molecule has 5 rings (SSSR count). The Balaban J connectivity index is 1.83. The van der Waals surface area contributed by atoms with Crippen molar-refractivity contribution in [2.24, 2.45) is 5.92 Å². The summed E-state index contributed by atoms with van der Waals surface area (Å²) in [6.07, 6.45) is 2.05. The van der Waals surface area contributed by atoms with Gasteiger partial charge in [0.2, 0.25) is 0 Å². The summed E-state index contributed by atoms with van der Waals surface area (Å²) < 4.78 is 16.2. The Bertz CT molecular complexity index is 1700. The van der Waals surface area contributed by atoms with Crippen LogP contribution in [0.2, 0.25) is 5.02 Å². The molecule has 1 aliphatic heterocycles. The largest absolute Gasteiger partial charge is 0.336 e. The van der Waals surface area contributed by atoms with Crippen LogP contribution in [0.4, 0.5) is 4.39 Å². The first-order valence-electron chi connectivity index (χ1n) is 15.0. The van der Waals surface area contributed by atoms with Gasteiger partial charge in [-0.05, 0) is 61.4 Å². The van der Waals surface area contributed by atoms with Gasteiger partial charge < -0.3 is 10.2 Å². The molecule has 43 heavy (non-hydrogen) atoms. The van der Waals surface area contributed by atoms with Crippen molar-refractivity contribution in [3.8, 4) is 27.5 Å². The van der Waals surface area contributed by atoms with Gasteiger partial charge in [0.05, 0.1) is 27.5 Å². The maximum absolute atomic E-state index is 14.7. The molecule has 0 radical (unpaired) electrons. The molecule has 0 atom stereocenters. The molecule has 2 aromatic heterocycles. The van der Waals surface area contributed by atoms with Gasteiger partial charge >= 0.3 is 0 Å². The van der Waals surface area contributed by atoms with E-state index < -0.39 is 5.82 Å². The second-order valence-electron chi connectivity index (χ2n) is 11.4. The molecular weight excluding hydrogens is 583 g/mol. The normalized spacial score (nSPS) is 13.6. The van der Waals surface area contributed by atoms with Gasteiger partial charge in [-0.3, -0.25) is 14.2 Å². The molecular formula is C34H38ClFN4O2S. The number of rotatable bonds is 8. The number of para-hydroxylation sites is 1. The molecule has 0 saturated carbocycles. The minimum Gasteiger partial charge on any atom is -0.336 e. The number of aromatic nitrogens is 2. The minimum atomic E-state index is -0.527. The van der Waals surface area contributed by atoms with E-state index in [0.717, 1.165) is 53.3 Å². The number of amides is 1. The molecule has 1 fully saturated rings. The van der Waals surface area contributed by atoms with Crippen LogP contribution in [0.3, 0.4) is 0 Å². The highest BCUT2D eigenvalue weighted by molar-refractivity contribution is 7.15. The fourth-order valence-electron chi connectivity index (χ4n) is 5.78. The van der Waals surface area contributed by atoms with E-state index in [1.165, 1.54) is 23.5 Å². The lowest BCUT2D eigenvalue weighted by molar-refractivity contribution is 0.0733. The highest BCUT2D eigenvalue weighted by Crippen LogP contribution is 2.35. The summed E-state index contributed by atoms with van der Waals surface area (Å²) in [5.41, 5.74) is 5.57. The van der Waals surface area contributed by atoms with Gasteiger partial charge in [-0.2, -0.15) is 0 Å². The molecule has 9 heteroatoms. The quantitative estimate of drug-likeness (QED) is 0.228. The van der Waals surface area contributed by atoms with Crippen LogP contribution in [0.1, 0.15) is 59.8 Å². The van der Waals surface area contributed by atoms with Crippen LogP contribution >= 0.6 is 22.9 Å². The highest BCUT2D eigenvalue weighted by Gasteiger charge is 2.29. The number of carbonyl (C=O) groups is 1. The number of nitrogens with one attached hydrogen (secondary N) is 1. The van der Waals surface area contributed by atoms with E-state index in [4.69, 9.17) is 16.6 Å². The fraction of sp³-hybridized carbons (Fsp3) is 0.382. The van der Waals surface area contributed by atoms with Crippen molar-refractivity contribution >= 4 is 28.8 Å². The maximum atomic E-state index is 14.7. The van der Waals surface area contributed by atoms with Gasteiger partial charge in [0, 0.05) is 42.3 Å². The summed E-state index contributed by atoms with van der Waals surface area (Å²) in [7, 11) is 0. The number of hydrogen-bond donors (Lipinski definition) is 1. The van der Waals surface area contributed by atoms with Crippen LogP contribution in [-0.4, -0.2) is 46.5 Å². The van der Waals surface area contributed by atoms with Crippen molar-refractivity contribution in [1.82, 2.24) is 19.8 Å². The number of benzene rings is 2. The lowest BCUT2D eigenvalue weighted by Crippen LogP contribution is -2.47. The van der Waals surface area contributed by atoms with Crippen molar-refractivity contribution in [3.63, 3.8) is 0 Å². The van der Waals surface area contributed by atoms with Gasteiger partial charge in [-0.25, -0.2) is 9.37 Å². The van der Waals surface area contributed by atoms with Crippen molar-refractivity contribution in [2.75, 3.05) is 26.2 Å². The lowest BCUT2D eigenvalue weighted by atomic mass is 9.97. The molecule has 0 aliphatic carbocycles. The third kappa shape index (κ3) is 6.19. The van der Waals surface area contributed by atoms with Crippen molar-refractivity contribution in [2.45, 2.75) is 53.9 Å². The number of halogens is 2. The minimum absolute atomic E-state index is 0.0397. The molecule has 0 spiro atoms. The zero-order valence-corrected chi connectivity index (χ0v) is 27.0. The molecule has 1 amide bonds. The highest BCUT2D eigenvalue weighted by atomic mass is 35.5. The third-order valence-electron chi connectivity index (χ3n) is 7.95. The van der Waals surface area contributed by atoms with Gasteiger partial charge in [-0.15, -0.1) is 11.3 Å². The fourth-order valence-corrected chi connectivity index (χ4v) is 6.84. The first-order chi connectivity index (χ1) is 20.6. The molecule has 4 aromatic rings. The van der Waals surface area contributed by atoms with E-state index in [-0.39, 0.29) is 22.4 Å². The Morgan fingerprint density at radius 3 is 2.37 bits per heavy atom. The second-order valence-corrected chi connectivity index (χ2v) is 13.0. The number of thiazole rings is 1. The van der Waals surface area contributed by atoms with Gasteiger partial charge in [-0.1, -0.05) is 63.6 Å². The van der Waals surface area contributed by atoms with E-state index >= 15 is 0 Å². The van der Waals surface area contributed by atoms with E-state index in [9.17, 15) is 14.0 Å². The Kier molecular flexibility index (Phi) is 9.49. The zero-order chi connectivity index (χ0) is 30.8. The Morgan fingerprint density at radius 1 is 1.09 bits per heavy atom. The predicted octanol–water partition coefficient (Wildman–Crippen LogP) is 7.10. The molecule has 6 nitrogen and oxygen atoms in total. The van der Waals surface area contributed by atoms with Crippen LogP contribution in [0, 0.1) is 18.7 Å². The SMILES string of the molecule is CCc1cccc(CC)c1-n1c(CC(C)C)c(C(=O)N2CCNCC2)cc(-c2nc(-c3ccc(Cl)c(F)c3)c(C)s2)c1=O. The van der Waals surface area contributed by atoms with Crippen LogP contribution in [-0.2, 0) is 19.3 Å². The molecule has 0 unspecified atom stereocenters. The molecule has 3 heterocycles. The molecule has 226 valence electrons. The Hall–Kier alpha value is -3.33. The number of hydrogen-bond acceptors (Lipinski definition) is 5. The smallest absolute Gasteiger partial charge is 0.265 e. The first-order valence-corrected chi connectivity index (χ1v) is 16.2. The van der Waals surface area contributed by atoms with E-state index in [2.05, 4.69) is 45.1 Å². The standard InChI is InChI=1S/C34H38ClFN4O2S/c1-6-22-9-8-10-23(7-2)31(22)40-29(17-20(3)4)25(33(41)39-15-13-37-14-16-39)19-26(34(40)42)32-38-30(21(5)43-32)24-11-12-27(35)28(36)18-24/h8-12,18-20,37H,6-7,13-17H2,1-5H3. The van der Waals surface area contributed by atoms with Gasteiger partial charge in [0.25, 0.3) is 11.5 Å². The number of carbonyl (C=O) groups excluding carboxylic acids is 1. The summed E-state index contributed by atoms with van der Waals surface area (Å²) >= 11 is 7.31. The average Bonchev–Trinajstić information content (AvgIpc) is 3.39. The summed E-state index contributed by atoms with van der Waals surface area (Å²) in [5, 5.41) is 3.86. The van der Waals surface area contributed by atoms with Gasteiger partial charge in [0.1, 0.15) is 10.8 Å². The molecule has 2 aromatic carbocycles. The van der Waals surface area contributed by atoms with Crippen LogP contribution < -0.4 is 10.9 Å². The second kappa shape index (κ2) is 13.1. The molecule has 1 aliphatic rings. The molecule has 1 saturated heterocycles. The maximum Gasteiger partial charge on any atom is 0.265 e. The molecule has 0 bridgehead atoms. The number of aryl methyl sites for hydroxylation is 3. The average molecular weight is 621 g/mol. The summed E-state index contributed by atoms with van der Waals surface area (Å²) in [6.45, 7) is 12.9. The van der Waals surface area contributed by atoms with Crippen molar-refractivity contribution < 1.29 is 9.18 Å². The summed E-state index contributed by atoms with van der Waals surface area (Å²) in [6, 6.07) is 12.5.